The van der Waals surface area contributed by atoms with E-state index < -0.39 is 5.60 Å². The van der Waals surface area contributed by atoms with Gasteiger partial charge < -0.3 is 18.5 Å². The number of halogens is 1. The summed E-state index contributed by atoms with van der Waals surface area (Å²) in [5, 5.41) is 8.98. The van der Waals surface area contributed by atoms with Crippen LogP contribution in [0, 0.1) is 19.7 Å². The highest BCUT2D eigenvalue weighted by molar-refractivity contribution is 5.71. The smallest absolute Gasteiger partial charge is 0.191 e. The van der Waals surface area contributed by atoms with Gasteiger partial charge in [0.1, 0.15) is 17.3 Å². The van der Waals surface area contributed by atoms with E-state index in [9.17, 15) is 4.39 Å². The lowest BCUT2D eigenvalue weighted by Crippen LogP contribution is -2.37. The molecule has 0 bridgehead atoms. The predicted octanol–water partition coefficient (Wildman–Crippen LogP) is 5.45. The summed E-state index contributed by atoms with van der Waals surface area (Å²) < 4.78 is 33.6. The number of aryl methyl sites for hydroxylation is 2. The quantitative estimate of drug-likeness (QED) is 0.404. The first-order valence-corrected chi connectivity index (χ1v) is 10.9. The Balaban J connectivity index is 1.51. The Morgan fingerprint density at radius 1 is 1.12 bits per heavy atom. The topological polar surface area (TPSA) is 75.2 Å². The monoisotopic (exact) mass is 448 g/mol. The molecule has 1 unspecified atom stereocenters. The van der Waals surface area contributed by atoms with Crippen molar-refractivity contribution in [1.82, 2.24) is 19.7 Å². The van der Waals surface area contributed by atoms with Crippen molar-refractivity contribution in [2.75, 3.05) is 7.11 Å². The van der Waals surface area contributed by atoms with Gasteiger partial charge in [0, 0.05) is 25.1 Å². The van der Waals surface area contributed by atoms with Crippen LogP contribution in [0.5, 0.6) is 11.5 Å². The molecule has 170 valence electrons. The standard InChI is InChI=1S/C25H25FN4O3/c1-15-10-18(26)13-19(11-15)33-25(3)8-5-9-30-23(28-29-24(25)30)17-6-7-20(21(12-17)31-4)22-14-27-16(2)32-22/h6-7,10-14H,5,8-9H2,1-4H3. The molecule has 33 heavy (non-hydrogen) atoms. The molecule has 0 saturated carbocycles. The third kappa shape index (κ3) is 3.86. The van der Waals surface area contributed by atoms with Crippen LogP contribution in [-0.4, -0.2) is 26.9 Å². The minimum absolute atomic E-state index is 0.319. The normalized spacial score (nSPS) is 17.6. The molecule has 0 saturated heterocycles. The van der Waals surface area contributed by atoms with Gasteiger partial charge in [0.25, 0.3) is 0 Å². The molecule has 0 spiro atoms. The van der Waals surface area contributed by atoms with Gasteiger partial charge in [-0.1, -0.05) is 6.07 Å². The van der Waals surface area contributed by atoms with E-state index in [2.05, 4.69) is 19.7 Å². The summed E-state index contributed by atoms with van der Waals surface area (Å²) >= 11 is 0. The zero-order chi connectivity index (χ0) is 23.2. The Hall–Kier alpha value is -3.68. The van der Waals surface area contributed by atoms with Crippen molar-refractivity contribution in [2.24, 2.45) is 0 Å². The van der Waals surface area contributed by atoms with Crippen LogP contribution in [0.15, 0.2) is 47.0 Å². The Bertz CT molecular complexity index is 1310. The molecule has 0 N–H and O–H groups in total. The van der Waals surface area contributed by atoms with Crippen molar-refractivity contribution in [3.8, 4) is 34.2 Å². The van der Waals surface area contributed by atoms with Crippen molar-refractivity contribution in [3.63, 3.8) is 0 Å². The maximum absolute atomic E-state index is 13.9. The van der Waals surface area contributed by atoms with Crippen LogP contribution < -0.4 is 9.47 Å². The molecule has 0 aliphatic carbocycles. The highest BCUT2D eigenvalue weighted by Crippen LogP contribution is 2.39. The molecule has 4 aromatic rings. The molecular formula is C25H25FN4O3. The average molecular weight is 448 g/mol. The Kier molecular flexibility index (Phi) is 5.15. The number of nitrogens with zero attached hydrogens (tertiary/aromatic N) is 4. The summed E-state index contributed by atoms with van der Waals surface area (Å²) in [7, 11) is 1.62. The van der Waals surface area contributed by atoms with Crippen molar-refractivity contribution >= 4 is 0 Å². The summed E-state index contributed by atoms with van der Waals surface area (Å²) in [6.07, 6.45) is 3.33. The summed E-state index contributed by atoms with van der Waals surface area (Å²) in [5.74, 6) is 3.52. The number of hydrogen-bond acceptors (Lipinski definition) is 6. The average Bonchev–Trinajstić information content (AvgIpc) is 3.40. The highest BCUT2D eigenvalue weighted by atomic mass is 19.1. The number of hydrogen-bond donors (Lipinski definition) is 0. The second-order valence-electron chi connectivity index (χ2n) is 8.56. The molecule has 1 atom stereocenters. The van der Waals surface area contributed by atoms with Crippen LogP contribution in [0.4, 0.5) is 4.39 Å². The molecule has 2 aromatic heterocycles. The molecule has 0 radical (unpaired) electrons. The summed E-state index contributed by atoms with van der Waals surface area (Å²) in [6, 6.07) is 10.5. The molecule has 0 amide bonds. The van der Waals surface area contributed by atoms with Gasteiger partial charge >= 0.3 is 0 Å². The second kappa shape index (κ2) is 8.03. The first kappa shape index (κ1) is 21.2. The molecule has 2 aromatic carbocycles. The Labute approximate surface area is 191 Å². The second-order valence-corrected chi connectivity index (χ2v) is 8.56. The van der Waals surface area contributed by atoms with Gasteiger partial charge in [0.2, 0.25) is 0 Å². The molecule has 1 aliphatic heterocycles. The number of rotatable bonds is 5. The summed E-state index contributed by atoms with van der Waals surface area (Å²) in [6.45, 7) is 6.39. The number of methoxy groups -OCH3 is 1. The molecule has 3 heterocycles. The highest BCUT2D eigenvalue weighted by Gasteiger charge is 2.39. The minimum Gasteiger partial charge on any atom is -0.496 e. The van der Waals surface area contributed by atoms with E-state index in [4.69, 9.17) is 13.9 Å². The van der Waals surface area contributed by atoms with E-state index in [-0.39, 0.29) is 5.82 Å². The summed E-state index contributed by atoms with van der Waals surface area (Å²) in [5.41, 5.74) is 1.78. The van der Waals surface area contributed by atoms with E-state index in [1.54, 1.807) is 20.2 Å². The van der Waals surface area contributed by atoms with Crippen LogP contribution in [0.2, 0.25) is 0 Å². The van der Waals surface area contributed by atoms with E-state index >= 15 is 0 Å². The number of aromatic nitrogens is 4. The van der Waals surface area contributed by atoms with Gasteiger partial charge in [-0.05, 0) is 56.5 Å². The van der Waals surface area contributed by atoms with Gasteiger partial charge in [0.05, 0.1) is 18.9 Å². The fourth-order valence-corrected chi connectivity index (χ4v) is 4.44. The van der Waals surface area contributed by atoms with Crippen LogP contribution in [0.1, 0.15) is 37.0 Å². The number of benzene rings is 2. The minimum atomic E-state index is -0.717. The van der Waals surface area contributed by atoms with Crippen LogP contribution in [0.3, 0.4) is 0 Å². The lowest BCUT2D eigenvalue weighted by atomic mass is 9.95. The number of fused-ring (bicyclic) bond motifs is 1. The fraction of sp³-hybridized carbons (Fsp3) is 0.320. The van der Waals surface area contributed by atoms with E-state index in [1.165, 1.54) is 12.1 Å². The first-order chi connectivity index (χ1) is 15.9. The maximum atomic E-state index is 13.9. The van der Waals surface area contributed by atoms with Gasteiger partial charge in [-0.25, -0.2) is 9.37 Å². The zero-order valence-electron chi connectivity index (χ0n) is 19.1. The van der Waals surface area contributed by atoms with E-state index in [0.29, 0.717) is 23.1 Å². The molecule has 7 nitrogen and oxygen atoms in total. The third-order valence-electron chi connectivity index (χ3n) is 5.96. The number of oxazole rings is 1. The lowest BCUT2D eigenvalue weighted by Gasteiger charge is -2.34. The van der Waals surface area contributed by atoms with E-state index in [1.807, 2.05) is 38.1 Å². The number of ether oxygens (including phenoxy) is 2. The Morgan fingerprint density at radius 2 is 1.97 bits per heavy atom. The molecule has 5 rings (SSSR count). The molecule has 0 fully saturated rings. The molecule has 1 aliphatic rings. The van der Waals surface area contributed by atoms with Gasteiger partial charge in [-0.2, -0.15) is 0 Å². The summed E-state index contributed by atoms with van der Waals surface area (Å²) in [4.78, 5) is 4.17. The first-order valence-electron chi connectivity index (χ1n) is 10.9. The van der Waals surface area contributed by atoms with Gasteiger partial charge in [-0.15, -0.1) is 10.2 Å². The van der Waals surface area contributed by atoms with Crippen molar-refractivity contribution in [2.45, 2.75) is 45.8 Å². The van der Waals surface area contributed by atoms with Crippen LogP contribution in [0.25, 0.3) is 22.7 Å². The Morgan fingerprint density at radius 3 is 2.70 bits per heavy atom. The van der Waals surface area contributed by atoms with Crippen molar-refractivity contribution < 1.29 is 18.3 Å². The predicted molar refractivity (Wildman–Crippen MR) is 121 cm³/mol. The third-order valence-corrected chi connectivity index (χ3v) is 5.96. The van der Waals surface area contributed by atoms with Gasteiger partial charge in [0.15, 0.2) is 28.9 Å². The van der Waals surface area contributed by atoms with Crippen molar-refractivity contribution in [1.29, 1.82) is 0 Å². The zero-order valence-corrected chi connectivity index (χ0v) is 19.1. The SMILES string of the molecule is COc1cc(-c2nnc3n2CCCC3(C)Oc2cc(C)cc(F)c2)ccc1-c1cnc(C)o1. The fourth-order valence-electron chi connectivity index (χ4n) is 4.44. The maximum Gasteiger partial charge on any atom is 0.191 e. The molecular weight excluding hydrogens is 423 g/mol. The van der Waals surface area contributed by atoms with Gasteiger partial charge in [-0.3, -0.25) is 0 Å². The van der Waals surface area contributed by atoms with Crippen LogP contribution in [-0.2, 0) is 12.1 Å². The van der Waals surface area contributed by atoms with Crippen molar-refractivity contribution in [3.05, 3.63) is 65.7 Å². The lowest BCUT2D eigenvalue weighted by molar-refractivity contribution is 0.0468. The molecule has 8 heteroatoms. The van der Waals surface area contributed by atoms with E-state index in [0.717, 1.165) is 47.7 Å². The van der Waals surface area contributed by atoms with Crippen LogP contribution >= 0.6 is 0 Å². The largest absolute Gasteiger partial charge is 0.496 e.